The quantitative estimate of drug-likeness (QED) is 0.477. The Morgan fingerprint density at radius 1 is 1.25 bits per heavy atom. The molecule has 6 nitrogen and oxygen atoms in total. The highest BCUT2D eigenvalue weighted by Gasteiger charge is 2.26. The molecule has 1 aromatic heterocycles. The first-order valence-electron chi connectivity index (χ1n) is 8.60. The molecule has 0 fully saturated rings. The van der Waals surface area contributed by atoms with Crippen LogP contribution < -0.4 is 16.2 Å². The van der Waals surface area contributed by atoms with Gasteiger partial charge in [0.05, 0.1) is 17.7 Å². The highest BCUT2D eigenvalue weighted by Crippen LogP contribution is 2.42. The fraction of sp³-hybridized carbons (Fsp3) is 0.150. The number of anilines is 1. The topological polar surface area (TPSA) is 115 Å². The Bertz CT molecular complexity index is 1160. The smallest absolute Gasteiger partial charge is 0.248 e. The molecule has 3 aromatic rings. The first-order valence-corrected chi connectivity index (χ1v) is 8.60. The van der Waals surface area contributed by atoms with Gasteiger partial charge in [-0.1, -0.05) is 0 Å². The van der Waals surface area contributed by atoms with Crippen LogP contribution >= 0.6 is 0 Å². The number of nitrogens with two attached hydrogens (primary N) is 2. The van der Waals surface area contributed by atoms with Crippen LogP contribution in [0.1, 0.15) is 27.9 Å². The van der Waals surface area contributed by atoms with Crippen LogP contribution in [-0.2, 0) is 6.42 Å². The van der Waals surface area contributed by atoms with E-state index in [-0.39, 0.29) is 28.0 Å². The summed E-state index contributed by atoms with van der Waals surface area (Å²) in [5.74, 6) is -1.78. The van der Waals surface area contributed by atoms with E-state index in [1.807, 2.05) is 0 Å². The van der Waals surface area contributed by atoms with Crippen LogP contribution in [-0.4, -0.2) is 23.7 Å². The second kappa shape index (κ2) is 6.56. The minimum atomic E-state index is -0.751. The second-order valence-electron chi connectivity index (χ2n) is 6.51. The molecule has 0 saturated heterocycles. The zero-order valence-corrected chi connectivity index (χ0v) is 14.7. The molecule has 2 aromatic carbocycles. The standard InChI is InChI=1S/C20H16F2N4O2/c21-13-6-9(20(25)27)3-4-10(13)17-11-2-1-5-28-19(11)16-12(8-23)15(24)7-14(22)18(16)26-17/h3-4,6-8,23H,1-2,5,24H2,(H2,25,27). The molecule has 5 N–H and O–H groups in total. The summed E-state index contributed by atoms with van der Waals surface area (Å²) in [6.45, 7) is 0.405. The normalized spacial score (nSPS) is 13.1. The number of halogens is 2. The van der Waals surface area contributed by atoms with Crippen molar-refractivity contribution in [3.8, 4) is 17.0 Å². The number of carbonyl (C=O) groups excluding carboxylic acids is 1. The maximum absolute atomic E-state index is 14.7. The number of ether oxygens (including phenoxy) is 1. The van der Waals surface area contributed by atoms with E-state index in [0.29, 0.717) is 41.7 Å². The van der Waals surface area contributed by atoms with Crippen LogP contribution in [0, 0.1) is 17.0 Å². The summed E-state index contributed by atoms with van der Waals surface area (Å²) in [6.07, 6.45) is 2.25. The van der Waals surface area contributed by atoms with Crippen LogP contribution in [0.3, 0.4) is 0 Å². The molecule has 0 atom stereocenters. The summed E-state index contributed by atoms with van der Waals surface area (Å²) in [4.78, 5) is 15.7. The van der Waals surface area contributed by atoms with E-state index in [2.05, 4.69) is 4.98 Å². The Balaban J connectivity index is 2.09. The number of nitrogens with zero attached hydrogens (tertiary/aromatic N) is 1. The molecule has 0 unspecified atom stereocenters. The van der Waals surface area contributed by atoms with Crippen LogP contribution in [0.5, 0.6) is 5.75 Å². The van der Waals surface area contributed by atoms with Gasteiger partial charge in [-0.05, 0) is 37.1 Å². The summed E-state index contributed by atoms with van der Waals surface area (Å²) >= 11 is 0. The largest absolute Gasteiger partial charge is 0.492 e. The number of primary amides is 1. The minimum absolute atomic E-state index is 0.0252. The van der Waals surface area contributed by atoms with Crippen molar-refractivity contribution < 1.29 is 18.3 Å². The number of carbonyl (C=O) groups is 1. The van der Waals surface area contributed by atoms with Gasteiger partial charge in [0, 0.05) is 34.2 Å². The number of rotatable bonds is 3. The molecular weight excluding hydrogens is 366 g/mol. The average Bonchev–Trinajstić information content (AvgIpc) is 2.68. The van der Waals surface area contributed by atoms with Crippen molar-refractivity contribution in [1.29, 1.82) is 5.41 Å². The van der Waals surface area contributed by atoms with E-state index in [1.54, 1.807) is 0 Å². The first-order chi connectivity index (χ1) is 13.4. The second-order valence-corrected chi connectivity index (χ2v) is 6.51. The third-order valence-electron chi connectivity index (χ3n) is 4.81. The number of nitrogen functional groups attached to an aromatic ring is 1. The molecule has 142 valence electrons. The van der Waals surface area contributed by atoms with Crippen molar-refractivity contribution in [3.63, 3.8) is 0 Å². The highest BCUT2D eigenvalue weighted by molar-refractivity contribution is 6.07. The zero-order chi connectivity index (χ0) is 20.0. The molecule has 1 amide bonds. The molecule has 28 heavy (non-hydrogen) atoms. The molecular formula is C20H16F2N4O2. The number of pyridine rings is 1. The Kier molecular flexibility index (Phi) is 4.18. The fourth-order valence-electron chi connectivity index (χ4n) is 3.50. The maximum atomic E-state index is 14.7. The SMILES string of the molecule is N=Cc1c(N)cc(F)c2nc(-c3ccc(C(N)=O)cc3F)c3c(c12)OCCC3. The van der Waals surface area contributed by atoms with Crippen molar-refractivity contribution in [2.24, 2.45) is 5.73 Å². The fourth-order valence-corrected chi connectivity index (χ4v) is 3.50. The van der Waals surface area contributed by atoms with Gasteiger partial charge in [0.25, 0.3) is 0 Å². The average molecular weight is 382 g/mol. The summed E-state index contributed by atoms with van der Waals surface area (Å²) in [5, 5.41) is 7.96. The van der Waals surface area contributed by atoms with Gasteiger partial charge in [-0.2, -0.15) is 0 Å². The van der Waals surface area contributed by atoms with Crippen molar-refractivity contribution in [2.45, 2.75) is 12.8 Å². The van der Waals surface area contributed by atoms with Crippen molar-refractivity contribution in [1.82, 2.24) is 4.98 Å². The van der Waals surface area contributed by atoms with E-state index >= 15 is 0 Å². The number of hydrogen-bond acceptors (Lipinski definition) is 5. The van der Waals surface area contributed by atoms with Gasteiger partial charge in [-0.15, -0.1) is 0 Å². The molecule has 0 radical (unpaired) electrons. The molecule has 0 bridgehead atoms. The van der Waals surface area contributed by atoms with Gasteiger partial charge in [-0.3, -0.25) is 4.79 Å². The third-order valence-corrected chi connectivity index (χ3v) is 4.81. The van der Waals surface area contributed by atoms with Gasteiger partial charge in [-0.25, -0.2) is 13.8 Å². The van der Waals surface area contributed by atoms with E-state index in [0.717, 1.165) is 18.3 Å². The predicted molar refractivity (Wildman–Crippen MR) is 102 cm³/mol. The monoisotopic (exact) mass is 382 g/mol. The van der Waals surface area contributed by atoms with E-state index in [4.69, 9.17) is 21.6 Å². The third kappa shape index (κ3) is 2.65. The summed E-state index contributed by atoms with van der Waals surface area (Å²) in [5.41, 5.74) is 12.4. The van der Waals surface area contributed by atoms with Gasteiger partial charge in [0.15, 0.2) is 5.82 Å². The van der Waals surface area contributed by atoms with Crippen molar-refractivity contribution in [2.75, 3.05) is 12.3 Å². The molecule has 4 rings (SSSR count). The molecule has 1 aliphatic rings. The van der Waals surface area contributed by atoms with Gasteiger partial charge >= 0.3 is 0 Å². The highest BCUT2D eigenvalue weighted by atomic mass is 19.1. The number of hydrogen-bond donors (Lipinski definition) is 3. The van der Waals surface area contributed by atoms with E-state index in [9.17, 15) is 13.6 Å². The summed E-state index contributed by atoms with van der Waals surface area (Å²) in [6, 6.07) is 4.90. The zero-order valence-electron chi connectivity index (χ0n) is 14.7. The lowest BCUT2D eigenvalue weighted by atomic mass is 9.94. The van der Waals surface area contributed by atoms with Crippen LogP contribution in [0.2, 0.25) is 0 Å². The van der Waals surface area contributed by atoms with Crippen LogP contribution in [0.15, 0.2) is 24.3 Å². The van der Waals surface area contributed by atoms with Crippen molar-refractivity contribution in [3.05, 3.63) is 52.6 Å². The lowest BCUT2D eigenvalue weighted by molar-refractivity contribution is 0.1000. The molecule has 1 aliphatic heterocycles. The molecule has 0 aliphatic carbocycles. The minimum Gasteiger partial charge on any atom is -0.492 e. The molecule has 0 saturated carbocycles. The molecule has 2 heterocycles. The van der Waals surface area contributed by atoms with Crippen LogP contribution in [0.4, 0.5) is 14.5 Å². The molecule has 0 spiro atoms. The number of amides is 1. The Labute approximate surface area is 158 Å². The number of benzene rings is 2. The summed E-state index contributed by atoms with van der Waals surface area (Å²) in [7, 11) is 0. The lowest BCUT2D eigenvalue weighted by Crippen LogP contribution is -2.14. The lowest BCUT2D eigenvalue weighted by Gasteiger charge is -2.23. The Morgan fingerprint density at radius 3 is 2.71 bits per heavy atom. The maximum Gasteiger partial charge on any atom is 0.248 e. The van der Waals surface area contributed by atoms with E-state index in [1.165, 1.54) is 12.1 Å². The number of nitrogens with one attached hydrogen (secondary N) is 1. The molecule has 8 heteroatoms. The van der Waals surface area contributed by atoms with Gasteiger partial charge < -0.3 is 21.6 Å². The van der Waals surface area contributed by atoms with Crippen molar-refractivity contribution >= 4 is 28.7 Å². The Hall–Kier alpha value is -3.55. The first kappa shape index (κ1) is 17.8. The van der Waals surface area contributed by atoms with Gasteiger partial charge in [0.2, 0.25) is 5.91 Å². The van der Waals surface area contributed by atoms with Gasteiger partial charge in [0.1, 0.15) is 17.1 Å². The number of fused-ring (bicyclic) bond motifs is 3. The summed E-state index contributed by atoms with van der Waals surface area (Å²) < 4.78 is 35.2. The van der Waals surface area contributed by atoms with E-state index < -0.39 is 17.5 Å². The number of aromatic nitrogens is 1. The van der Waals surface area contributed by atoms with Crippen LogP contribution in [0.25, 0.3) is 22.2 Å². The Morgan fingerprint density at radius 2 is 2.04 bits per heavy atom. The predicted octanol–water partition coefficient (Wildman–Crippen LogP) is 3.18.